The lowest BCUT2D eigenvalue weighted by molar-refractivity contribution is -0.137. The van der Waals surface area contributed by atoms with Crippen LogP contribution in [0.3, 0.4) is 0 Å². The summed E-state index contributed by atoms with van der Waals surface area (Å²) in [4.78, 5) is 12.9. The smallest absolute Gasteiger partial charge is 0.393 e. The molecular formula is C17H16F3NO2S. The van der Waals surface area contributed by atoms with Crippen molar-refractivity contribution in [2.45, 2.75) is 35.4 Å². The van der Waals surface area contributed by atoms with Crippen LogP contribution in [0.2, 0.25) is 0 Å². The minimum atomic E-state index is -4.60. The molecule has 1 atom stereocenters. The molecule has 0 saturated heterocycles. The molecule has 0 saturated carbocycles. The van der Waals surface area contributed by atoms with Gasteiger partial charge in [-0.1, -0.05) is 30.0 Å². The Morgan fingerprint density at radius 2 is 1.83 bits per heavy atom. The number of alkyl halides is 3. The number of hydrogen-bond acceptors (Lipinski definition) is 3. The molecule has 1 amide bonds. The second-order valence-corrected chi connectivity index (χ2v) is 6.37. The van der Waals surface area contributed by atoms with Crippen molar-refractivity contribution < 1.29 is 23.1 Å². The highest BCUT2D eigenvalue weighted by molar-refractivity contribution is 7.99. The molecule has 0 bridgehead atoms. The predicted molar refractivity (Wildman–Crippen MR) is 86.9 cm³/mol. The van der Waals surface area contributed by atoms with Crippen LogP contribution in [-0.2, 0) is 11.0 Å². The highest BCUT2D eigenvalue weighted by Crippen LogP contribution is 2.39. The number of nitrogens with one attached hydrogen (secondary N) is 1. The number of rotatable bonds is 5. The number of carbonyl (C=O) groups excluding carboxylic acids is 1. The van der Waals surface area contributed by atoms with Crippen molar-refractivity contribution in [1.82, 2.24) is 0 Å². The zero-order valence-electron chi connectivity index (χ0n) is 12.8. The lowest BCUT2D eigenvalue weighted by atomic mass is 10.1. The maximum atomic E-state index is 13.3. The second kappa shape index (κ2) is 7.72. The quantitative estimate of drug-likeness (QED) is 0.826. The molecule has 7 heteroatoms. The fraction of sp³-hybridized carbons (Fsp3) is 0.235. The summed E-state index contributed by atoms with van der Waals surface area (Å²) in [5.74, 6) is -0.668. The van der Waals surface area contributed by atoms with Gasteiger partial charge in [-0.2, -0.15) is 13.2 Å². The largest absolute Gasteiger partial charge is 0.418 e. The summed E-state index contributed by atoms with van der Waals surface area (Å²) in [5, 5.41) is 11.4. The van der Waals surface area contributed by atoms with Gasteiger partial charge >= 0.3 is 6.18 Å². The van der Waals surface area contributed by atoms with Gasteiger partial charge in [0.1, 0.15) is 0 Å². The molecule has 0 aliphatic heterocycles. The number of amides is 1. The normalized spacial score (nSPS) is 12.7. The van der Waals surface area contributed by atoms with Gasteiger partial charge in [-0.15, -0.1) is 0 Å². The Morgan fingerprint density at radius 3 is 2.42 bits per heavy atom. The van der Waals surface area contributed by atoms with Gasteiger partial charge in [0, 0.05) is 9.79 Å². The third kappa shape index (κ3) is 5.28. The van der Waals surface area contributed by atoms with Crippen LogP contribution in [-0.4, -0.2) is 17.1 Å². The number of aliphatic hydroxyl groups excluding tert-OH is 1. The van der Waals surface area contributed by atoms with Crippen molar-refractivity contribution in [3.8, 4) is 0 Å². The molecule has 0 spiro atoms. The predicted octanol–water partition coefficient (Wildman–Crippen LogP) is 4.57. The van der Waals surface area contributed by atoms with Crippen LogP contribution < -0.4 is 5.32 Å². The number of aliphatic hydroxyl groups is 1. The third-order valence-electron chi connectivity index (χ3n) is 3.03. The summed E-state index contributed by atoms with van der Waals surface area (Å²) in [6, 6.07) is 12.8. The second-order valence-electron chi connectivity index (χ2n) is 5.22. The molecule has 2 aromatic rings. The van der Waals surface area contributed by atoms with E-state index in [1.807, 2.05) is 6.07 Å². The number of carbonyl (C=O) groups is 1. The van der Waals surface area contributed by atoms with Crippen molar-refractivity contribution in [2.75, 3.05) is 5.32 Å². The number of hydrogen-bond donors (Lipinski definition) is 2. The van der Waals surface area contributed by atoms with Crippen LogP contribution in [0.15, 0.2) is 58.3 Å². The molecule has 128 valence electrons. The summed E-state index contributed by atoms with van der Waals surface area (Å²) in [6.45, 7) is 1.39. The molecule has 0 aliphatic carbocycles. The minimum absolute atomic E-state index is 0.266. The molecule has 0 fully saturated rings. The lowest BCUT2D eigenvalue weighted by Gasteiger charge is -2.15. The fourth-order valence-electron chi connectivity index (χ4n) is 2.02. The summed E-state index contributed by atoms with van der Waals surface area (Å²) >= 11 is 1.20. The van der Waals surface area contributed by atoms with Gasteiger partial charge in [-0.3, -0.25) is 4.79 Å². The molecule has 3 nitrogen and oxygen atoms in total. The average Bonchev–Trinajstić information content (AvgIpc) is 2.48. The highest BCUT2D eigenvalue weighted by Gasteiger charge is 2.34. The van der Waals surface area contributed by atoms with E-state index in [1.165, 1.54) is 30.8 Å². The standard InChI is InChI=1S/C17H16F3NO2S/c1-11(22)9-16(23)21-15-8-7-13(10-14(15)17(18,19)20)24-12-5-3-2-4-6-12/h2-8,10-11,22H,9H2,1H3,(H,21,23). The van der Waals surface area contributed by atoms with Crippen molar-refractivity contribution in [1.29, 1.82) is 0 Å². The van der Waals surface area contributed by atoms with Gasteiger partial charge < -0.3 is 10.4 Å². The molecule has 2 rings (SSSR count). The van der Waals surface area contributed by atoms with Crippen LogP contribution >= 0.6 is 11.8 Å². The van der Waals surface area contributed by atoms with Crippen molar-refractivity contribution in [3.63, 3.8) is 0 Å². The molecule has 2 N–H and O–H groups in total. The Bertz CT molecular complexity index is 703. The third-order valence-corrected chi connectivity index (χ3v) is 4.03. The van der Waals surface area contributed by atoms with Crippen molar-refractivity contribution in [2.24, 2.45) is 0 Å². The molecule has 0 radical (unpaired) electrons. The van der Waals surface area contributed by atoms with E-state index in [-0.39, 0.29) is 12.1 Å². The average molecular weight is 355 g/mol. The molecule has 1 unspecified atom stereocenters. The lowest BCUT2D eigenvalue weighted by Crippen LogP contribution is -2.20. The van der Waals surface area contributed by atoms with Gasteiger partial charge in [0.2, 0.25) is 5.91 Å². The fourth-order valence-corrected chi connectivity index (χ4v) is 2.90. The minimum Gasteiger partial charge on any atom is -0.393 e. The van der Waals surface area contributed by atoms with Gasteiger partial charge in [-0.05, 0) is 37.3 Å². The SMILES string of the molecule is CC(O)CC(=O)Nc1ccc(Sc2ccccc2)cc1C(F)(F)F. The first-order chi connectivity index (χ1) is 11.3. The Morgan fingerprint density at radius 1 is 1.17 bits per heavy atom. The van der Waals surface area contributed by atoms with Crippen molar-refractivity contribution >= 4 is 23.4 Å². The summed E-state index contributed by atoms with van der Waals surface area (Å²) in [5.41, 5.74) is -1.23. The van der Waals surface area contributed by atoms with Crippen LogP contribution in [0.1, 0.15) is 18.9 Å². The van der Waals surface area contributed by atoms with Crippen LogP contribution in [0.25, 0.3) is 0 Å². The summed E-state index contributed by atoms with van der Waals surface area (Å²) in [7, 11) is 0. The molecule has 2 aromatic carbocycles. The highest BCUT2D eigenvalue weighted by atomic mass is 32.2. The van der Waals surface area contributed by atoms with E-state index < -0.39 is 23.8 Å². The summed E-state index contributed by atoms with van der Waals surface area (Å²) < 4.78 is 39.8. The van der Waals surface area contributed by atoms with E-state index >= 15 is 0 Å². The number of benzene rings is 2. The first-order valence-corrected chi connectivity index (χ1v) is 7.99. The number of anilines is 1. The van der Waals surface area contributed by atoms with Gasteiger partial charge in [0.15, 0.2) is 0 Å². The first kappa shape index (κ1) is 18.4. The Balaban J connectivity index is 2.27. The Labute approximate surface area is 141 Å². The van der Waals surface area contributed by atoms with Gasteiger partial charge in [0.05, 0.1) is 23.8 Å². The maximum absolute atomic E-state index is 13.3. The zero-order valence-corrected chi connectivity index (χ0v) is 13.6. The number of halogens is 3. The Hall–Kier alpha value is -1.99. The van der Waals surface area contributed by atoms with E-state index in [9.17, 15) is 18.0 Å². The molecule has 0 heterocycles. The van der Waals surface area contributed by atoms with Gasteiger partial charge in [0.25, 0.3) is 0 Å². The first-order valence-electron chi connectivity index (χ1n) is 7.18. The summed E-state index contributed by atoms with van der Waals surface area (Å²) in [6.07, 6.45) is -5.79. The maximum Gasteiger partial charge on any atom is 0.418 e. The molecule has 0 aromatic heterocycles. The van der Waals surface area contributed by atoms with Crippen LogP contribution in [0.4, 0.5) is 18.9 Å². The zero-order chi connectivity index (χ0) is 17.7. The monoisotopic (exact) mass is 355 g/mol. The van der Waals surface area contributed by atoms with E-state index in [0.29, 0.717) is 4.90 Å². The molecular weight excluding hydrogens is 339 g/mol. The topological polar surface area (TPSA) is 49.3 Å². The molecule has 0 aliphatic rings. The van der Waals surface area contributed by atoms with Crippen molar-refractivity contribution in [3.05, 3.63) is 54.1 Å². The van der Waals surface area contributed by atoms with E-state index in [1.54, 1.807) is 24.3 Å². The van der Waals surface area contributed by atoms with Crippen LogP contribution in [0, 0.1) is 0 Å². The van der Waals surface area contributed by atoms with Gasteiger partial charge in [-0.25, -0.2) is 0 Å². The van der Waals surface area contributed by atoms with E-state index in [4.69, 9.17) is 5.11 Å². The van der Waals surface area contributed by atoms with Crippen LogP contribution in [0.5, 0.6) is 0 Å². The van der Waals surface area contributed by atoms with E-state index in [0.717, 1.165) is 11.0 Å². The Kier molecular flexibility index (Phi) is 5.90. The van der Waals surface area contributed by atoms with E-state index in [2.05, 4.69) is 5.32 Å². The molecule has 24 heavy (non-hydrogen) atoms.